The zero-order valence-electron chi connectivity index (χ0n) is 20.0. The van der Waals surface area contributed by atoms with Gasteiger partial charge in [-0.3, -0.25) is 0 Å². The summed E-state index contributed by atoms with van der Waals surface area (Å²) in [5, 5.41) is 1.05. The minimum absolute atomic E-state index is 0.597. The summed E-state index contributed by atoms with van der Waals surface area (Å²) in [7, 11) is -2.73. The summed E-state index contributed by atoms with van der Waals surface area (Å²) >= 11 is 4.53. The van der Waals surface area contributed by atoms with Crippen LogP contribution in [0.15, 0.2) is 91.0 Å². The molecule has 0 N–H and O–H groups in total. The molecule has 0 bridgehead atoms. The Morgan fingerprint density at radius 2 is 0.939 bits per heavy atom. The van der Waals surface area contributed by atoms with Crippen LogP contribution < -0.4 is 15.9 Å². The van der Waals surface area contributed by atoms with Gasteiger partial charge in [0.2, 0.25) is 0 Å². The van der Waals surface area contributed by atoms with Gasteiger partial charge >= 0.3 is 209 Å². The molecule has 0 amide bonds. The average Bonchev–Trinajstić information content (AvgIpc) is 2.86. The first-order chi connectivity index (χ1) is 16.0. The van der Waals surface area contributed by atoms with Gasteiger partial charge in [-0.15, -0.1) is 0 Å². The summed E-state index contributed by atoms with van der Waals surface area (Å²) in [6.07, 6.45) is 1.87. The molecule has 0 saturated carbocycles. The van der Waals surface area contributed by atoms with Crippen molar-refractivity contribution in [3.05, 3.63) is 91.0 Å². The van der Waals surface area contributed by atoms with Gasteiger partial charge in [-0.05, 0) is 0 Å². The van der Waals surface area contributed by atoms with Crippen LogP contribution in [0.25, 0.3) is 0 Å². The second-order valence-electron chi connectivity index (χ2n) is 8.00. The topological polar surface area (TPSA) is 27.7 Å². The van der Waals surface area contributed by atoms with E-state index in [1.54, 1.807) is 0 Å². The number of hydrogen-bond donors (Lipinski definition) is 0. The van der Waals surface area contributed by atoms with E-state index in [-0.39, 0.29) is 0 Å². The van der Waals surface area contributed by atoms with Crippen molar-refractivity contribution in [1.29, 1.82) is 0 Å². The van der Waals surface area contributed by atoms with Crippen LogP contribution in [0.2, 0.25) is 6.04 Å². The summed E-state index contributed by atoms with van der Waals surface area (Å²) in [4.78, 5) is 0. The standard InChI is InChI=1S/C27H36BrO3PSi/c1-4-29-33(30-5-2,31-6-3)24-16-23-32(28,25-17-10-7-11-18-25,26-19-12-8-13-20-26)27-21-14-9-15-22-27/h7-15,17-22H,4-6,16,23-24H2,1-3H3. The average molecular weight is 548 g/mol. The molecular formula is C27H36BrO3PSi. The zero-order chi connectivity index (χ0) is 23.6. The van der Waals surface area contributed by atoms with Gasteiger partial charge in [-0.25, -0.2) is 0 Å². The SMILES string of the molecule is CCO[Si](CCCP(Br)(c1ccccc1)(c1ccccc1)c1ccccc1)(OCC)OCC. The molecule has 33 heavy (non-hydrogen) atoms. The maximum absolute atomic E-state index is 6.17. The minimum atomic E-state index is -2.94. The molecule has 0 aliphatic heterocycles. The van der Waals surface area contributed by atoms with Gasteiger partial charge in [0.1, 0.15) is 0 Å². The maximum atomic E-state index is 6.17. The van der Waals surface area contributed by atoms with Crippen LogP contribution in [0.3, 0.4) is 0 Å². The molecule has 0 radical (unpaired) electrons. The molecule has 0 saturated heterocycles. The van der Waals surface area contributed by atoms with E-state index in [0.717, 1.165) is 18.6 Å². The molecule has 0 fully saturated rings. The summed E-state index contributed by atoms with van der Waals surface area (Å²) in [6, 6.07) is 33.5. The summed E-state index contributed by atoms with van der Waals surface area (Å²) in [6.45, 7) is 7.84. The zero-order valence-corrected chi connectivity index (χ0v) is 23.4. The molecule has 0 heterocycles. The van der Waals surface area contributed by atoms with Crippen LogP contribution in [0.5, 0.6) is 0 Å². The van der Waals surface area contributed by atoms with Crippen LogP contribution in [0, 0.1) is 0 Å². The number of halogens is 1. The van der Waals surface area contributed by atoms with Gasteiger partial charge in [0.05, 0.1) is 0 Å². The Hall–Kier alpha value is -1.33. The van der Waals surface area contributed by atoms with Crippen LogP contribution >= 0.6 is 20.8 Å². The molecule has 3 rings (SSSR count). The van der Waals surface area contributed by atoms with Gasteiger partial charge < -0.3 is 0 Å². The Kier molecular flexibility index (Phi) is 9.46. The van der Waals surface area contributed by atoms with E-state index in [9.17, 15) is 0 Å². The molecular weight excluding hydrogens is 511 g/mol. The van der Waals surface area contributed by atoms with Gasteiger partial charge in [-0.1, -0.05) is 0 Å². The Balaban J connectivity index is 2.12. The summed E-state index contributed by atoms with van der Waals surface area (Å²) in [5.41, 5.74) is 0. The van der Waals surface area contributed by atoms with Crippen molar-refractivity contribution in [1.82, 2.24) is 0 Å². The van der Waals surface area contributed by atoms with Gasteiger partial charge in [0.25, 0.3) is 0 Å². The van der Waals surface area contributed by atoms with E-state index in [2.05, 4.69) is 106 Å². The molecule has 178 valence electrons. The molecule has 0 atom stereocenters. The fourth-order valence-electron chi connectivity index (χ4n) is 4.64. The quantitative estimate of drug-likeness (QED) is 0.187. The van der Waals surface area contributed by atoms with Crippen molar-refractivity contribution in [3.8, 4) is 0 Å². The van der Waals surface area contributed by atoms with Crippen LogP contribution in [-0.2, 0) is 13.3 Å². The molecule has 0 aliphatic carbocycles. The second kappa shape index (κ2) is 11.9. The monoisotopic (exact) mass is 546 g/mol. The van der Waals surface area contributed by atoms with E-state index in [1.165, 1.54) is 15.9 Å². The first kappa shape index (κ1) is 26.3. The van der Waals surface area contributed by atoms with E-state index in [0.29, 0.717) is 19.8 Å². The predicted octanol–water partition coefficient (Wildman–Crippen LogP) is 6.26. The molecule has 3 aromatic carbocycles. The Morgan fingerprint density at radius 1 is 0.606 bits per heavy atom. The molecule has 0 aliphatic rings. The van der Waals surface area contributed by atoms with E-state index >= 15 is 0 Å². The summed E-state index contributed by atoms with van der Waals surface area (Å²) < 4.78 is 18.5. The second-order valence-corrected chi connectivity index (χ2v) is 19.8. The third-order valence-corrected chi connectivity index (χ3v) is 19.2. The van der Waals surface area contributed by atoms with E-state index in [1.807, 2.05) is 20.8 Å². The first-order valence-corrected chi connectivity index (χ1v) is 18.2. The normalized spacial score (nSPS) is 13.4. The van der Waals surface area contributed by atoms with Gasteiger partial charge in [0.15, 0.2) is 0 Å². The molecule has 6 heteroatoms. The van der Waals surface area contributed by atoms with Crippen LogP contribution in [0.1, 0.15) is 27.2 Å². The molecule has 3 nitrogen and oxygen atoms in total. The molecule has 0 spiro atoms. The Labute approximate surface area is 208 Å². The van der Waals surface area contributed by atoms with E-state index < -0.39 is 14.1 Å². The van der Waals surface area contributed by atoms with Crippen molar-refractivity contribution < 1.29 is 13.3 Å². The Bertz CT molecular complexity index is 856. The number of hydrogen-bond acceptors (Lipinski definition) is 3. The van der Waals surface area contributed by atoms with Crippen molar-refractivity contribution in [2.45, 2.75) is 33.2 Å². The van der Waals surface area contributed by atoms with Gasteiger partial charge in [0, 0.05) is 0 Å². The van der Waals surface area contributed by atoms with Crippen molar-refractivity contribution in [3.63, 3.8) is 0 Å². The number of rotatable bonds is 13. The van der Waals surface area contributed by atoms with Crippen LogP contribution in [0.4, 0.5) is 0 Å². The molecule has 0 unspecified atom stereocenters. The first-order valence-electron chi connectivity index (χ1n) is 11.8. The van der Waals surface area contributed by atoms with Crippen molar-refractivity contribution >= 4 is 45.5 Å². The summed E-state index contributed by atoms with van der Waals surface area (Å²) in [5.74, 6) is 0. The van der Waals surface area contributed by atoms with Crippen LogP contribution in [-0.4, -0.2) is 34.8 Å². The van der Waals surface area contributed by atoms with Gasteiger partial charge in [-0.2, -0.15) is 0 Å². The fourth-order valence-corrected chi connectivity index (χ4v) is 15.2. The van der Waals surface area contributed by atoms with Crippen molar-refractivity contribution in [2.24, 2.45) is 0 Å². The Morgan fingerprint density at radius 3 is 1.24 bits per heavy atom. The third-order valence-electron chi connectivity index (χ3n) is 6.04. The molecule has 0 aromatic heterocycles. The van der Waals surface area contributed by atoms with E-state index in [4.69, 9.17) is 13.3 Å². The fraction of sp³-hybridized carbons (Fsp3) is 0.333. The number of benzene rings is 3. The molecule has 3 aromatic rings. The van der Waals surface area contributed by atoms with Crippen molar-refractivity contribution in [2.75, 3.05) is 26.0 Å². The predicted molar refractivity (Wildman–Crippen MR) is 149 cm³/mol. The third kappa shape index (κ3) is 5.50.